The number of hydrogen-bond donors (Lipinski definition) is 1. The predicted molar refractivity (Wildman–Crippen MR) is 59.1 cm³/mol. The number of nitrogens with one attached hydrogen (secondary N) is 1. The van der Waals surface area contributed by atoms with Crippen molar-refractivity contribution in [2.75, 3.05) is 20.1 Å². The summed E-state index contributed by atoms with van der Waals surface area (Å²) in [6, 6.07) is 7.43. The highest BCUT2D eigenvalue weighted by atomic mass is 19.1. The van der Waals surface area contributed by atoms with Crippen molar-refractivity contribution in [3.63, 3.8) is 0 Å². The van der Waals surface area contributed by atoms with E-state index >= 15 is 0 Å². The molecule has 2 rings (SSSR count). The molecule has 0 bridgehead atoms. The SMILES string of the molecule is CN(Cc1cccc(F)c1)C1CCNC1. The third-order valence-corrected chi connectivity index (χ3v) is 2.98. The van der Waals surface area contributed by atoms with Crippen molar-refractivity contribution >= 4 is 0 Å². The van der Waals surface area contributed by atoms with Crippen LogP contribution in [0.3, 0.4) is 0 Å². The molecule has 3 heteroatoms. The zero-order valence-electron chi connectivity index (χ0n) is 9.04. The van der Waals surface area contributed by atoms with E-state index in [9.17, 15) is 4.39 Å². The third kappa shape index (κ3) is 2.76. The Bertz CT molecular complexity index is 321. The van der Waals surface area contributed by atoms with E-state index in [1.54, 1.807) is 12.1 Å². The number of halogens is 1. The van der Waals surface area contributed by atoms with Crippen LogP contribution in [0.25, 0.3) is 0 Å². The van der Waals surface area contributed by atoms with Crippen LogP contribution in [0, 0.1) is 5.82 Å². The number of hydrogen-bond acceptors (Lipinski definition) is 2. The maximum absolute atomic E-state index is 13.0. The van der Waals surface area contributed by atoms with Gasteiger partial charge in [0.25, 0.3) is 0 Å². The molecule has 1 heterocycles. The van der Waals surface area contributed by atoms with E-state index in [4.69, 9.17) is 0 Å². The van der Waals surface area contributed by atoms with Crippen molar-refractivity contribution in [1.29, 1.82) is 0 Å². The zero-order chi connectivity index (χ0) is 10.7. The second-order valence-electron chi connectivity index (χ2n) is 4.19. The molecular formula is C12H17FN2. The van der Waals surface area contributed by atoms with E-state index in [0.717, 1.165) is 25.2 Å². The summed E-state index contributed by atoms with van der Waals surface area (Å²) >= 11 is 0. The van der Waals surface area contributed by atoms with Crippen molar-refractivity contribution in [3.05, 3.63) is 35.6 Å². The average Bonchev–Trinajstić information content (AvgIpc) is 2.70. The summed E-state index contributed by atoms with van der Waals surface area (Å²) < 4.78 is 13.0. The molecule has 0 spiro atoms. The molecule has 2 nitrogen and oxygen atoms in total. The largest absolute Gasteiger partial charge is 0.315 e. The second-order valence-corrected chi connectivity index (χ2v) is 4.19. The number of benzene rings is 1. The smallest absolute Gasteiger partial charge is 0.123 e. The zero-order valence-corrected chi connectivity index (χ0v) is 9.04. The predicted octanol–water partition coefficient (Wildman–Crippen LogP) is 1.62. The van der Waals surface area contributed by atoms with Gasteiger partial charge in [0.2, 0.25) is 0 Å². The van der Waals surface area contributed by atoms with Crippen LogP contribution in [-0.4, -0.2) is 31.1 Å². The molecule has 1 aromatic carbocycles. The summed E-state index contributed by atoms with van der Waals surface area (Å²) in [5.41, 5.74) is 1.05. The fourth-order valence-electron chi connectivity index (χ4n) is 2.07. The first-order chi connectivity index (χ1) is 7.25. The van der Waals surface area contributed by atoms with Crippen LogP contribution in [0.5, 0.6) is 0 Å². The molecule has 0 radical (unpaired) electrons. The Morgan fingerprint density at radius 1 is 1.53 bits per heavy atom. The highest BCUT2D eigenvalue weighted by Crippen LogP contribution is 2.11. The molecule has 0 amide bonds. The van der Waals surface area contributed by atoms with Gasteiger partial charge in [-0.05, 0) is 37.7 Å². The summed E-state index contributed by atoms with van der Waals surface area (Å²) in [7, 11) is 2.10. The molecule has 15 heavy (non-hydrogen) atoms. The lowest BCUT2D eigenvalue weighted by Gasteiger charge is -2.23. The summed E-state index contributed by atoms with van der Waals surface area (Å²) in [5, 5.41) is 3.33. The first kappa shape index (κ1) is 10.6. The van der Waals surface area contributed by atoms with Gasteiger partial charge >= 0.3 is 0 Å². The Hall–Kier alpha value is -0.930. The molecule has 1 N–H and O–H groups in total. The molecule has 1 saturated heterocycles. The highest BCUT2D eigenvalue weighted by molar-refractivity contribution is 5.16. The van der Waals surface area contributed by atoms with E-state index in [0.29, 0.717) is 6.04 Å². The van der Waals surface area contributed by atoms with Crippen molar-refractivity contribution in [2.45, 2.75) is 19.0 Å². The fraction of sp³-hybridized carbons (Fsp3) is 0.500. The number of likely N-dealkylation sites (N-methyl/N-ethyl adjacent to an activating group) is 1. The molecule has 0 aliphatic carbocycles. The van der Waals surface area contributed by atoms with Crippen LogP contribution in [-0.2, 0) is 6.54 Å². The summed E-state index contributed by atoms with van der Waals surface area (Å²) in [5.74, 6) is -0.148. The van der Waals surface area contributed by atoms with Crippen LogP contribution in [0.2, 0.25) is 0 Å². The van der Waals surface area contributed by atoms with Crippen molar-refractivity contribution in [1.82, 2.24) is 10.2 Å². The van der Waals surface area contributed by atoms with E-state index in [-0.39, 0.29) is 5.82 Å². The van der Waals surface area contributed by atoms with Gasteiger partial charge in [0.05, 0.1) is 0 Å². The van der Waals surface area contributed by atoms with Crippen molar-refractivity contribution in [2.24, 2.45) is 0 Å². The lowest BCUT2D eigenvalue weighted by Crippen LogP contribution is -2.32. The Morgan fingerprint density at radius 2 is 2.40 bits per heavy atom. The van der Waals surface area contributed by atoms with Crippen LogP contribution in [0.15, 0.2) is 24.3 Å². The molecule has 0 saturated carbocycles. The molecule has 1 fully saturated rings. The van der Waals surface area contributed by atoms with Gasteiger partial charge in [-0.3, -0.25) is 4.90 Å². The number of nitrogens with zero attached hydrogens (tertiary/aromatic N) is 1. The molecule has 0 aromatic heterocycles. The van der Waals surface area contributed by atoms with Crippen LogP contribution in [0.4, 0.5) is 4.39 Å². The van der Waals surface area contributed by atoms with Gasteiger partial charge in [-0.2, -0.15) is 0 Å². The monoisotopic (exact) mass is 208 g/mol. The van der Waals surface area contributed by atoms with Crippen molar-refractivity contribution < 1.29 is 4.39 Å². The molecular weight excluding hydrogens is 191 g/mol. The second kappa shape index (κ2) is 4.73. The normalized spacial score (nSPS) is 21.1. The first-order valence-electron chi connectivity index (χ1n) is 5.41. The quantitative estimate of drug-likeness (QED) is 0.812. The lowest BCUT2D eigenvalue weighted by atomic mass is 10.1. The minimum Gasteiger partial charge on any atom is -0.315 e. The number of rotatable bonds is 3. The Labute approximate surface area is 90.1 Å². The third-order valence-electron chi connectivity index (χ3n) is 2.98. The van der Waals surface area contributed by atoms with Crippen LogP contribution in [0.1, 0.15) is 12.0 Å². The van der Waals surface area contributed by atoms with E-state index in [1.165, 1.54) is 12.5 Å². The van der Waals surface area contributed by atoms with E-state index in [2.05, 4.69) is 17.3 Å². The van der Waals surface area contributed by atoms with Gasteiger partial charge in [-0.15, -0.1) is 0 Å². The molecule has 1 aliphatic rings. The molecule has 1 atom stereocenters. The van der Waals surface area contributed by atoms with Gasteiger partial charge in [-0.25, -0.2) is 4.39 Å². The van der Waals surface area contributed by atoms with Gasteiger partial charge in [0.1, 0.15) is 5.82 Å². The van der Waals surface area contributed by atoms with Gasteiger partial charge in [0, 0.05) is 19.1 Å². The van der Waals surface area contributed by atoms with Gasteiger partial charge in [-0.1, -0.05) is 12.1 Å². The maximum atomic E-state index is 13.0. The Balaban J connectivity index is 1.95. The standard InChI is InChI=1S/C12H17FN2/c1-15(12-5-6-14-8-12)9-10-3-2-4-11(13)7-10/h2-4,7,12,14H,5-6,8-9H2,1H3. The maximum Gasteiger partial charge on any atom is 0.123 e. The molecule has 82 valence electrons. The van der Waals surface area contributed by atoms with E-state index < -0.39 is 0 Å². The van der Waals surface area contributed by atoms with Crippen LogP contribution < -0.4 is 5.32 Å². The first-order valence-corrected chi connectivity index (χ1v) is 5.41. The van der Waals surface area contributed by atoms with E-state index in [1.807, 2.05) is 6.07 Å². The Morgan fingerprint density at radius 3 is 3.07 bits per heavy atom. The summed E-state index contributed by atoms with van der Waals surface area (Å²) in [6.45, 7) is 2.97. The molecule has 1 unspecified atom stereocenters. The minimum absolute atomic E-state index is 0.148. The lowest BCUT2D eigenvalue weighted by molar-refractivity contribution is 0.248. The Kier molecular flexibility index (Phi) is 3.34. The molecule has 1 aromatic rings. The highest BCUT2D eigenvalue weighted by Gasteiger charge is 2.18. The summed E-state index contributed by atoms with van der Waals surface area (Å²) in [6.07, 6.45) is 1.19. The fourth-order valence-corrected chi connectivity index (χ4v) is 2.07. The van der Waals surface area contributed by atoms with Crippen LogP contribution >= 0.6 is 0 Å². The minimum atomic E-state index is -0.148. The van der Waals surface area contributed by atoms with Gasteiger partial charge < -0.3 is 5.32 Å². The molecule has 1 aliphatic heterocycles. The van der Waals surface area contributed by atoms with Gasteiger partial charge in [0.15, 0.2) is 0 Å². The topological polar surface area (TPSA) is 15.3 Å². The summed E-state index contributed by atoms with van der Waals surface area (Å²) in [4.78, 5) is 2.29. The van der Waals surface area contributed by atoms with Crippen molar-refractivity contribution in [3.8, 4) is 0 Å². The average molecular weight is 208 g/mol.